The van der Waals surface area contributed by atoms with E-state index in [9.17, 15) is 4.79 Å². The van der Waals surface area contributed by atoms with Crippen LogP contribution in [0.1, 0.15) is 56.4 Å². The molecule has 2 aromatic rings. The van der Waals surface area contributed by atoms with Gasteiger partial charge in [-0.05, 0) is 44.7 Å². The van der Waals surface area contributed by atoms with E-state index in [0.29, 0.717) is 30.0 Å². The van der Waals surface area contributed by atoms with Crippen LogP contribution < -0.4 is 15.0 Å². The first-order valence-electron chi connectivity index (χ1n) is 10.3. The average molecular weight is 418 g/mol. The fourth-order valence-corrected chi connectivity index (χ4v) is 3.68. The maximum absolute atomic E-state index is 12.8. The first-order valence-corrected chi connectivity index (χ1v) is 10.7. The lowest BCUT2D eigenvalue weighted by atomic mass is 9.90. The molecule has 8 heteroatoms. The second kappa shape index (κ2) is 10.4. The van der Waals surface area contributed by atoms with Crippen molar-refractivity contribution in [1.82, 2.24) is 15.0 Å². The minimum absolute atomic E-state index is 0.118. The summed E-state index contributed by atoms with van der Waals surface area (Å²) in [6.45, 7) is 6.11. The Bertz CT molecular complexity index is 822. The Kier molecular flexibility index (Phi) is 7.63. The molecule has 1 saturated carbocycles. The normalized spacial score (nSPS) is 14.4. The predicted molar refractivity (Wildman–Crippen MR) is 115 cm³/mol. The van der Waals surface area contributed by atoms with Crippen molar-refractivity contribution >= 4 is 29.3 Å². The van der Waals surface area contributed by atoms with Gasteiger partial charge in [0, 0.05) is 19.3 Å². The Morgan fingerprint density at radius 1 is 1.24 bits per heavy atom. The van der Waals surface area contributed by atoms with E-state index in [0.717, 1.165) is 13.1 Å². The van der Waals surface area contributed by atoms with Crippen molar-refractivity contribution in [3.63, 3.8) is 0 Å². The molecule has 0 aliphatic heterocycles. The quantitative estimate of drug-likeness (QED) is 0.676. The maximum Gasteiger partial charge on any atom is 0.277 e. The molecule has 0 spiro atoms. The van der Waals surface area contributed by atoms with Gasteiger partial charge in [0.2, 0.25) is 5.95 Å². The third-order valence-electron chi connectivity index (χ3n) is 5.19. The van der Waals surface area contributed by atoms with Gasteiger partial charge in [0.15, 0.2) is 17.3 Å². The van der Waals surface area contributed by atoms with Crippen molar-refractivity contribution in [3.05, 3.63) is 35.2 Å². The number of rotatable bonds is 8. The third kappa shape index (κ3) is 5.56. The van der Waals surface area contributed by atoms with Crippen molar-refractivity contribution in [2.75, 3.05) is 29.9 Å². The number of hydrogen-bond donors (Lipinski definition) is 1. The first kappa shape index (κ1) is 21.3. The molecule has 1 aliphatic rings. The number of halogens is 1. The van der Waals surface area contributed by atoms with Crippen molar-refractivity contribution in [3.8, 4) is 5.75 Å². The minimum atomic E-state index is -0.438. The number of nitrogens with one attached hydrogen (secondary N) is 1. The number of carbonyl (C=O) groups excluding carboxylic acids is 1. The second-order valence-corrected chi connectivity index (χ2v) is 7.57. The van der Waals surface area contributed by atoms with E-state index in [2.05, 4.69) is 20.3 Å². The van der Waals surface area contributed by atoms with Gasteiger partial charge in [-0.25, -0.2) is 15.0 Å². The lowest BCUT2D eigenvalue weighted by molar-refractivity contribution is 0.102. The lowest BCUT2D eigenvalue weighted by Gasteiger charge is -2.22. The van der Waals surface area contributed by atoms with E-state index in [1.165, 1.54) is 38.3 Å². The Morgan fingerprint density at radius 3 is 2.72 bits per heavy atom. The van der Waals surface area contributed by atoms with Crippen LogP contribution in [0.3, 0.4) is 0 Å². The minimum Gasteiger partial charge on any atom is -0.489 e. The zero-order valence-electron chi connectivity index (χ0n) is 17.0. The van der Waals surface area contributed by atoms with Crippen molar-refractivity contribution < 1.29 is 9.53 Å². The van der Waals surface area contributed by atoms with E-state index < -0.39 is 5.91 Å². The smallest absolute Gasteiger partial charge is 0.277 e. The van der Waals surface area contributed by atoms with Crippen LogP contribution in [0.5, 0.6) is 5.75 Å². The van der Waals surface area contributed by atoms with Gasteiger partial charge in [-0.15, -0.1) is 0 Å². The fraction of sp³-hybridized carbons (Fsp3) is 0.524. The van der Waals surface area contributed by atoms with Crippen LogP contribution in [-0.4, -0.2) is 40.6 Å². The van der Waals surface area contributed by atoms with E-state index in [4.69, 9.17) is 16.3 Å². The van der Waals surface area contributed by atoms with Crippen LogP contribution in [0.2, 0.25) is 5.02 Å². The van der Waals surface area contributed by atoms with Gasteiger partial charge >= 0.3 is 0 Å². The highest BCUT2D eigenvalue weighted by Crippen LogP contribution is 2.27. The molecule has 1 aliphatic carbocycles. The Labute approximate surface area is 176 Å². The molecule has 0 radical (unpaired) electrons. The van der Waals surface area contributed by atoms with Crippen LogP contribution in [0.15, 0.2) is 24.5 Å². The van der Waals surface area contributed by atoms with Crippen LogP contribution in [0.4, 0.5) is 11.8 Å². The highest BCUT2D eigenvalue weighted by atomic mass is 35.5. The van der Waals surface area contributed by atoms with Gasteiger partial charge in [0.25, 0.3) is 5.91 Å². The molecule has 1 amide bonds. The van der Waals surface area contributed by atoms with Crippen molar-refractivity contribution in [1.29, 1.82) is 0 Å². The summed E-state index contributed by atoms with van der Waals surface area (Å²) >= 11 is 6.19. The molecule has 0 aromatic carbocycles. The molecule has 1 fully saturated rings. The van der Waals surface area contributed by atoms with Crippen LogP contribution in [-0.2, 0) is 0 Å². The lowest BCUT2D eigenvalue weighted by Crippen LogP contribution is -2.26. The Morgan fingerprint density at radius 2 is 2.00 bits per heavy atom. The molecular weight excluding hydrogens is 390 g/mol. The topological polar surface area (TPSA) is 80.2 Å². The average Bonchev–Trinajstić information content (AvgIpc) is 2.75. The maximum atomic E-state index is 12.8. The molecule has 3 rings (SSSR count). The van der Waals surface area contributed by atoms with Gasteiger partial charge in [-0.2, -0.15) is 0 Å². The summed E-state index contributed by atoms with van der Waals surface area (Å²) in [5.74, 6) is 1.51. The Hall–Kier alpha value is -2.41. The zero-order valence-corrected chi connectivity index (χ0v) is 17.8. The van der Waals surface area contributed by atoms with Crippen LogP contribution >= 0.6 is 11.6 Å². The number of carbonyl (C=O) groups is 1. The van der Waals surface area contributed by atoms with Crippen molar-refractivity contribution in [2.24, 2.45) is 5.92 Å². The number of anilines is 2. The summed E-state index contributed by atoms with van der Waals surface area (Å²) in [6, 6.07) is 3.61. The summed E-state index contributed by atoms with van der Waals surface area (Å²) in [6.07, 6.45) is 9.26. The zero-order chi connectivity index (χ0) is 20.6. The van der Waals surface area contributed by atoms with Crippen LogP contribution in [0, 0.1) is 5.92 Å². The molecule has 29 heavy (non-hydrogen) atoms. The van der Waals surface area contributed by atoms with Gasteiger partial charge in [-0.3, -0.25) is 4.79 Å². The molecule has 0 unspecified atom stereocenters. The van der Waals surface area contributed by atoms with E-state index in [-0.39, 0.29) is 10.7 Å². The summed E-state index contributed by atoms with van der Waals surface area (Å²) in [7, 11) is 0. The monoisotopic (exact) mass is 417 g/mol. The summed E-state index contributed by atoms with van der Waals surface area (Å²) < 4.78 is 5.99. The first-order chi connectivity index (χ1) is 14.1. The van der Waals surface area contributed by atoms with E-state index in [1.54, 1.807) is 12.3 Å². The number of hydrogen-bond acceptors (Lipinski definition) is 6. The molecule has 7 nitrogen and oxygen atoms in total. The molecule has 2 heterocycles. The van der Waals surface area contributed by atoms with Gasteiger partial charge in [0.1, 0.15) is 0 Å². The fourth-order valence-electron chi connectivity index (χ4n) is 3.50. The van der Waals surface area contributed by atoms with E-state index >= 15 is 0 Å². The molecule has 1 N–H and O–H groups in total. The molecule has 2 aromatic heterocycles. The number of pyridine rings is 1. The largest absolute Gasteiger partial charge is 0.489 e. The molecule has 0 saturated heterocycles. The Balaban J connectivity index is 1.73. The number of ether oxygens (including phenoxy) is 1. The highest BCUT2D eigenvalue weighted by Gasteiger charge is 2.19. The number of amides is 1. The van der Waals surface area contributed by atoms with Crippen LogP contribution in [0.25, 0.3) is 0 Å². The number of nitrogens with zero attached hydrogens (tertiary/aromatic N) is 4. The molecular formula is C21H28ClN5O2. The summed E-state index contributed by atoms with van der Waals surface area (Å²) in [5, 5.41) is 2.98. The summed E-state index contributed by atoms with van der Waals surface area (Å²) in [5.41, 5.74) is 0.118. The molecule has 156 valence electrons. The standard InChI is InChI=1S/C21H28ClN5O2/c1-3-27(4-2)21-24-13-16(22)18(25-21)20(28)26-19-17(11-8-12-23-19)29-14-15-9-6-5-7-10-15/h8,11-13,15H,3-7,9-10,14H2,1-2H3,(H,23,26,28). The highest BCUT2D eigenvalue weighted by molar-refractivity contribution is 6.34. The van der Waals surface area contributed by atoms with Gasteiger partial charge < -0.3 is 15.0 Å². The van der Waals surface area contributed by atoms with E-state index in [1.807, 2.05) is 24.8 Å². The number of aromatic nitrogens is 3. The van der Waals surface area contributed by atoms with Crippen molar-refractivity contribution in [2.45, 2.75) is 46.0 Å². The van der Waals surface area contributed by atoms with Gasteiger partial charge in [-0.1, -0.05) is 30.9 Å². The summed E-state index contributed by atoms with van der Waals surface area (Å²) in [4.78, 5) is 27.7. The SMILES string of the molecule is CCN(CC)c1ncc(Cl)c(C(=O)Nc2ncccc2OCC2CCCCC2)n1. The predicted octanol–water partition coefficient (Wildman–Crippen LogP) is 4.58. The second-order valence-electron chi connectivity index (χ2n) is 7.16. The molecule has 0 bridgehead atoms. The third-order valence-corrected chi connectivity index (χ3v) is 5.47. The molecule has 0 atom stereocenters. The van der Waals surface area contributed by atoms with Gasteiger partial charge in [0.05, 0.1) is 17.8 Å².